The standard InChI is InChI=1S/C28H26N2O6.ClH/c1-3-35-18(2)30-24-10-5-4-9-23(24)29-27(30)17-36-21-8-6-7-19(15-21)11-14-25(31)22-13-12-20(28(33)34)16-26(22)32;/h4-16,18,32H,3,17H2,1-2H3,(H,33,34);1H/b14-11+;. The van der Waals surface area contributed by atoms with Crippen LogP contribution in [0.4, 0.5) is 0 Å². The summed E-state index contributed by atoms with van der Waals surface area (Å²) in [5.74, 6) is -0.686. The molecule has 4 aromatic rings. The Morgan fingerprint density at radius 3 is 2.59 bits per heavy atom. The lowest BCUT2D eigenvalue weighted by atomic mass is 10.1. The first kappa shape index (κ1) is 27.4. The highest BCUT2D eigenvalue weighted by Gasteiger charge is 2.16. The number of ether oxygens (including phenoxy) is 2. The summed E-state index contributed by atoms with van der Waals surface area (Å²) in [5, 5.41) is 19.0. The second kappa shape index (κ2) is 12.2. The summed E-state index contributed by atoms with van der Waals surface area (Å²) in [5.41, 5.74) is 2.47. The van der Waals surface area contributed by atoms with Gasteiger partial charge in [-0.15, -0.1) is 12.4 Å². The van der Waals surface area contributed by atoms with E-state index in [1.54, 1.807) is 12.1 Å². The molecule has 0 bridgehead atoms. The summed E-state index contributed by atoms with van der Waals surface area (Å²) in [6.07, 6.45) is 2.71. The molecule has 3 aromatic carbocycles. The second-order valence-corrected chi connectivity index (χ2v) is 8.04. The first-order valence-corrected chi connectivity index (χ1v) is 11.5. The van der Waals surface area contributed by atoms with Crippen LogP contribution in [0.3, 0.4) is 0 Å². The van der Waals surface area contributed by atoms with Crippen LogP contribution in [0.1, 0.15) is 52.2 Å². The highest BCUT2D eigenvalue weighted by Crippen LogP contribution is 2.24. The van der Waals surface area contributed by atoms with Crippen molar-refractivity contribution < 1.29 is 29.3 Å². The molecule has 0 amide bonds. The van der Waals surface area contributed by atoms with Crippen LogP contribution in [0.5, 0.6) is 11.5 Å². The Morgan fingerprint density at radius 2 is 1.86 bits per heavy atom. The number of hydrogen-bond acceptors (Lipinski definition) is 6. The molecule has 0 saturated carbocycles. The van der Waals surface area contributed by atoms with Gasteiger partial charge >= 0.3 is 5.97 Å². The van der Waals surface area contributed by atoms with Crippen molar-refractivity contribution in [1.29, 1.82) is 0 Å². The van der Waals surface area contributed by atoms with Crippen molar-refractivity contribution in [2.45, 2.75) is 26.7 Å². The number of aromatic nitrogens is 2. The van der Waals surface area contributed by atoms with Crippen LogP contribution >= 0.6 is 12.4 Å². The molecule has 0 spiro atoms. The van der Waals surface area contributed by atoms with E-state index in [2.05, 4.69) is 0 Å². The normalized spacial score (nSPS) is 11.8. The Morgan fingerprint density at radius 1 is 1.08 bits per heavy atom. The van der Waals surface area contributed by atoms with Crippen LogP contribution in [0.2, 0.25) is 0 Å². The number of nitrogens with zero attached hydrogens (tertiary/aromatic N) is 2. The van der Waals surface area contributed by atoms with E-state index in [4.69, 9.17) is 19.6 Å². The lowest BCUT2D eigenvalue weighted by molar-refractivity contribution is 0.0238. The zero-order valence-electron chi connectivity index (χ0n) is 20.3. The lowest BCUT2D eigenvalue weighted by Gasteiger charge is -2.17. The minimum atomic E-state index is -1.18. The summed E-state index contributed by atoms with van der Waals surface area (Å²) in [4.78, 5) is 28.2. The average molecular weight is 523 g/mol. The predicted octanol–water partition coefficient (Wildman–Crippen LogP) is 5.89. The van der Waals surface area contributed by atoms with Crippen LogP contribution in [0.15, 0.2) is 72.8 Å². The number of carboxylic acids is 1. The van der Waals surface area contributed by atoms with E-state index in [0.717, 1.165) is 28.5 Å². The molecule has 1 atom stereocenters. The van der Waals surface area contributed by atoms with Crippen LogP contribution in [-0.2, 0) is 11.3 Å². The first-order chi connectivity index (χ1) is 17.4. The Kier molecular flexibility index (Phi) is 9.05. The van der Waals surface area contributed by atoms with Crippen molar-refractivity contribution in [2.24, 2.45) is 0 Å². The monoisotopic (exact) mass is 522 g/mol. The number of allylic oxidation sites excluding steroid dienone is 1. The van der Waals surface area contributed by atoms with Gasteiger partial charge in [0.1, 0.15) is 30.2 Å². The first-order valence-electron chi connectivity index (χ1n) is 11.5. The molecular weight excluding hydrogens is 496 g/mol. The number of hydrogen-bond donors (Lipinski definition) is 2. The van der Waals surface area contributed by atoms with E-state index in [0.29, 0.717) is 12.4 Å². The second-order valence-electron chi connectivity index (χ2n) is 8.04. The number of carboxylic acid groups (broad SMARTS) is 1. The van der Waals surface area contributed by atoms with Gasteiger partial charge in [-0.25, -0.2) is 9.78 Å². The molecule has 9 heteroatoms. The van der Waals surface area contributed by atoms with Crippen LogP contribution < -0.4 is 4.74 Å². The maximum Gasteiger partial charge on any atom is 0.335 e. The molecule has 0 radical (unpaired) electrons. The fourth-order valence-electron chi connectivity index (χ4n) is 3.91. The molecule has 37 heavy (non-hydrogen) atoms. The van der Waals surface area contributed by atoms with Gasteiger partial charge in [-0.2, -0.15) is 0 Å². The smallest absolute Gasteiger partial charge is 0.335 e. The van der Waals surface area contributed by atoms with Crippen LogP contribution in [0, 0.1) is 0 Å². The fraction of sp³-hybridized carbons (Fsp3) is 0.179. The number of phenols is 1. The zero-order chi connectivity index (χ0) is 25.7. The number of para-hydroxylation sites is 2. The maximum absolute atomic E-state index is 12.5. The molecule has 4 rings (SSSR count). The Labute approximate surface area is 220 Å². The third-order valence-corrected chi connectivity index (χ3v) is 5.60. The van der Waals surface area contributed by atoms with Gasteiger partial charge in [0.15, 0.2) is 5.78 Å². The van der Waals surface area contributed by atoms with Crippen molar-refractivity contribution in [3.63, 3.8) is 0 Å². The van der Waals surface area contributed by atoms with Crippen LogP contribution in [0.25, 0.3) is 17.1 Å². The molecule has 1 unspecified atom stereocenters. The lowest BCUT2D eigenvalue weighted by Crippen LogP contribution is -2.14. The van der Waals surface area contributed by atoms with Gasteiger partial charge < -0.3 is 19.7 Å². The molecule has 0 aliphatic rings. The van der Waals surface area contributed by atoms with Gasteiger partial charge in [0.2, 0.25) is 0 Å². The molecule has 0 fully saturated rings. The quantitative estimate of drug-likeness (QED) is 0.197. The Hall–Kier alpha value is -4.14. The highest BCUT2D eigenvalue weighted by molar-refractivity contribution is 6.09. The summed E-state index contributed by atoms with van der Waals surface area (Å²) in [6, 6.07) is 18.7. The minimum absolute atomic E-state index is 0. The average Bonchev–Trinajstić information content (AvgIpc) is 3.25. The van der Waals surface area contributed by atoms with E-state index < -0.39 is 11.8 Å². The minimum Gasteiger partial charge on any atom is -0.507 e. The molecule has 0 aliphatic heterocycles. The number of imidazole rings is 1. The van der Waals surface area contributed by atoms with Gasteiger partial charge in [-0.3, -0.25) is 9.36 Å². The third kappa shape index (κ3) is 6.35. The SMILES string of the molecule is CCOC(C)n1c(COc2cccc(/C=C/C(=O)c3ccc(C(=O)O)cc3O)c2)nc2ccccc21.Cl. The van der Waals surface area contributed by atoms with Crippen molar-refractivity contribution in [3.05, 3.63) is 95.3 Å². The Balaban J connectivity index is 0.00000380. The molecule has 1 heterocycles. The van der Waals surface area contributed by atoms with Gasteiger partial charge in [0.25, 0.3) is 0 Å². The predicted molar refractivity (Wildman–Crippen MR) is 143 cm³/mol. The van der Waals surface area contributed by atoms with Crippen molar-refractivity contribution in [1.82, 2.24) is 9.55 Å². The van der Waals surface area contributed by atoms with Crippen molar-refractivity contribution in [2.75, 3.05) is 6.61 Å². The Bertz CT molecular complexity index is 1450. The topological polar surface area (TPSA) is 111 Å². The van der Waals surface area contributed by atoms with Crippen molar-refractivity contribution in [3.8, 4) is 11.5 Å². The largest absolute Gasteiger partial charge is 0.507 e. The molecule has 0 saturated heterocycles. The van der Waals surface area contributed by atoms with Gasteiger partial charge in [0, 0.05) is 6.61 Å². The number of fused-ring (bicyclic) bond motifs is 1. The number of aromatic carboxylic acids is 1. The van der Waals surface area contributed by atoms with E-state index in [9.17, 15) is 14.7 Å². The number of aromatic hydroxyl groups is 1. The van der Waals surface area contributed by atoms with Gasteiger partial charge in [0.05, 0.1) is 22.2 Å². The maximum atomic E-state index is 12.5. The van der Waals surface area contributed by atoms with E-state index in [1.165, 1.54) is 18.2 Å². The molecule has 0 aliphatic carbocycles. The number of carbonyl (C=O) groups is 2. The van der Waals surface area contributed by atoms with E-state index in [1.807, 2.05) is 60.9 Å². The highest BCUT2D eigenvalue weighted by atomic mass is 35.5. The van der Waals surface area contributed by atoms with Gasteiger partial charge in [-0.05, 0) is 68.0 Å². The number of phenolic OH excluding ortho intramolecular Hbond substituents is 1. The molecular formula is C28H27ClN2O6. The number of benzene rings is 3. The summed E-state index contributed by atoms with van der Waals surface area (Å²) in [6.45, 7) is 4.71. The van der Waals surface area contributed by atoms with E-state index in [-0.39, 0.29) is 42.1 Å². The fourth-order valence-corrected chi connectivity index (χ4v) is 3.91. The van der Waals surface area contributed by atoms with E-state index >= 15 is 0 Å². The molecule has 2 N–H and O–H groups in total. The zero-order valence-corrected chi connectivity index (χ0v) is 21.1. The summed E-state index contributed by atoms with van der Waals surface area (Å²) < 4.78 is 13.8. The van der Waals surface area contributed by atoms with Gasteiger partial charge in [-0.1, -0.05) is 30.3 Å². The number of carbonyl (C=O) groups excluding carboxylic acids is 1. The van der Waals surface area contributed by atoms with Crippen molar-refractivity contribution >= 4 is 41.3 Å². The third-order valence-electron chi connectivity index (χ3n) is 5.60. The number of ketones is 1. The number of rotatable bonds is 10. The number of halogens is 1. The van der Waals surface area contributed by atoms with Crippen LogP contribution in [-0.4, -0.2) is 38.1 Å². The summed E-state index contributed by atoms with van der Waals surface area (Å²) in [7, 11) is 0. The molecule has 1 aromatic heterocycles. The molecule has 192 valence electrons. The molecule has 8 nitrogen and oxygen atoms in total. The summed E-state index contributed by atoms with van der Waals surface area (Å²) >= 11 is 0.